The zero-order chi connectivity index (χ0) is 13.5. The summed E-state index contributed by atoms with van der Waals surface area (Å²) in [5.74, 6) is 0.589. The van der Waals surface area contributed by atoms with Crippen LogP contribution in [-0.4, -0.2) is 17.7 Å². The van der Waals surface area contributed by atoms with Crippen LogP contribution in [0.1, 0.15) is 37.7 Å². The van der Waals surface area contributed by atoms with E-state index in [1.54, 1.807) is 6.07 Å². The molecular weight excluding hydrogens is 264 g/mol. The van der Waals surface area contributed by atoms with Crippen LogP contribution in [0.15, 0.2) is 18.2 Å². The summed E-state index contributed by atoms with van der Waals surface area (Å²) in [6.45, 7) is 0.711. The lowest BCUT2D eigenvalue weighted by Crippen LogP contribution is -2.42. The number of ether oxygens (including phenoxy) is 1. The minimum absolute atomic E-state index is 0.519. The normalized spacial score (nSPS) is 20.7. The van der Waals surface area contributed by atoms with Crippen LogP contribution < -0.4 is 4.74 Å². The van der Waals surface area contributed by atoms with Gasteiger partial charge in [-0.3, -0.25) is 4.79 Å². The highest BCUT2D eigenvalue weighted by molar-refractivity contribution is 6.32. The average Bonchev–Trinajstić information content (AvgIpc) is 3.09. The van der Waals surface area contributed by atoms with Crippen LogP contribution in [0.25, 0.3) is 0 Å². The third-order valence-electron chi connectivity index (χ3n) is 4.27. The number of hydrogen-bond acceptors (Lipinski definition) is 2. The van der Waals surface area contributed by atoms with Gasteiger partial charge in [0.1, 0.15) is 5.75 Å². The molecule has 2 aliphatic rings. The van der Waals surface area contributed by atoms with E-state index >= 15 is 0 Å². The molecule has 1 aromatic rings. The van der Waals surface area contributed by atoms with Crippen LogP contribution >= 0.6 is 11.6 Å². The average molecular weight is 281 g/mol. The Labute approximate surface area is 117 Å². The molecule has 0 radical (unpaired) electrons. The van der Waals surface area contributed by atoms with Gasteiger partial charge in [-0.1, -0.05) is 24.1 Å². The summed E-state index contributed by atoms with van der Waals surface area (Å²) in [7, 11) is 0. The van der Waals surface area contributed by atoms with E-state index in [9.17, 15) is 9.90 Å². The molecule has 19 heavy (non-hydrogen) atoms. The number of carboxylic acids is 1. The molecule has 3 rings (SSSR count). The number of halogens is 1. The predicted molar refractivity (Wildman–Crippen MR) is 72.8 cm³/mol. The Hall–Kier alpha value is -1.22. The summed E-state index contributed by atoms with van der Waals surface area (Å²) in [5, 5.41) is 9.93. The van der Waals surface area contributed by atoms with Gasteiger partial charge in [0.25, 0.3) is 0 Å². The molecule has 2 saturated carbocycles. The second-order valence-electron chi connectivity index (χ2n) is 5.64. The third-order valence-corrected chi connectivity index (χ3v) is 4.57. The molecule has 0 bridgehead atoms. The van der Waals surface area contributed by atoms with Crippen molar-refractivity contribution < 1.29 is 14.6 Å². The first-order valence-electron chi connectivity index (χ1n) is 6.78. The van der Waals surface area contributed by atoms with Gasteiger partial charge in [0, 0.05) is 0 Å². The zero-order valence-electron chi connectivity index (χ0n) is 10.7. The molecule has 0 amide bonds. The van der Waals surface area contributed by atoms with Gasteiger partial charge in [0.05, 0.1) is 17.0 Å². The Kier molecular flexibility index (Phi) is 3.17. The molecule has 2 aliphatic carbocycles. The molecule has 0 spiro atoms. The molecule has 3 nitrogen and oxygen atoms in total. The standard InChI is InChI=1S/C15H17ClO3/c16-12-8-11(15(14(17)18)6-1-7-15)4-5-13(12)19-9-10-2-3-10/h4-5,8,10H,1-3,6-7,9H2,(H,17,18). The van der Waals surface area contributed by atoms with Crippen molar-refractivity contribution in [2.24, 2.45) is 5.92 Å². The monoisotopic (exact) mass is 280 g/mol. The van der Waals surface area contributed by atoms with Gasteiger partial charge in [-0.05, 0) is 49.3 Å². The smallest absolute Gasteiger partial charge is 0.314 e. The highest BCUT2D eigenvalue weighted by atomic mass is 35.5. The largest absolute Gasteiger partial charge is 0.492 e. The number of carboxylic acid groups (broad SMARTS) is 1. The quantitative estimate of drug-likeness (QED) is 0.896. The first kappa shape index (κ1) is 12.8. The Morgan fingerprint density at radius 1 is 1.42 bits per heavy atom. The van der Waals surface area contributed by atoms with Crippen molar-refractivity contribution in [3.05, 3.63) is 28.8 Å². The van der Waals surface area contributed by atoms with Crippen LogP contribution in [0.5, 0.6) is 5.75 Å². The fraction of sp³-hybridized carbons (Fsp3) is 0.533. The summed E-state index contributed by atoms with van der Waals surface area (Å²) in [6, 6.07) is 5.42. The third kappa shape index (κ3) is 2.32. The van der Waals surface area contributed by atoms with E-state index in [0.29, 0.717) is 36.1 Å². The maximum absolute atomic E-state index is 11.4. The Morgan fingerprint density at radius 3 is 2.63 bits per heavy atom. The van der Waals surface area contributed by atoms with Crippen LogP contribution in [-0.2, 0) is 10.2 Å². The number of hydrogen-bond donors (Lipinski definition) is 1. The Morgan fingerprint density at radius 2 is 2.16 bits per heavy atom. The molecule has 0 heterocycles. The summed E-state index contributed by atoms with van der Waals surface area (Å²) in [6.07, 6.45) is 4.82. The molecule has 0 aromatic heterocycles. The van der Waals surface area contributed by atoms with E-state index in [1.165, 1.54) is 12.8 Å². The van der Waals surface area contributed by atoms with E-state index in [0.717, 1.165) is 12.0 Å². The minimum Gasteiger partial charge on any atom is -0.492 e. The van der Waals surface area contributed by atoms with Crippen LogP contribution in [0, 0.1) is 5.92 Å². The van der Waals surface area contributed by atoms with Gasteiger partial charge >= 0.3 is 5.97 Å². The van der Waals surface area contributed by atoms with Crippen molar-refractivity contribution in [1.82, 2.24) is 0 Å². The second kappa shape index (κ2) is 4.71. The van der Waals surface area contributed by atoms with Gasteiger partial charge in [-0.2, -0.15) is 0 Å². The maximum atomic E-state index is 11.4. The summed E-state index contributed by atoms with van der Waals surface area (Å²) >= 11 is 6.21. The highest BCUT2D eigenvalue weighted by Crippen LogP contribution is 2.45. The van der Waals surface area contributed by atoms with E-state index < -0.39 is 11.4 Å². The van der Waals surface area contributed by atoms with Crippen molar-refractivity contribution in [2.75, 3.05) is 6.61 Å². The summed E-state index contributed by atoms with van der Waals surface area (Å²) < 4.78 is 5.66. The van der Waals surface area contributed by atoms with Crippen molar-refractivity contribution in [1.29, 1.82) is 0 Å². The Bertz CT molecular complexity index is 504. The molecule has 4 heteroatoms. The van der Waals surface area contributed by atoms with Gasteiger partial charge in [-0.15, -0.1) is 0 Å². The van der Waals surface area contributed by atoms with Crippen molar-refractivity contribution in [3.8, 4) is 5.75 Å². The lowest BCUT2D eigenvalue weighted by Gasteiger charge is -2.38. The molecule has 1 aromatic carbocycles. The van der Waals surface area contributed by atoms with Crippen LogP contribution in [0.4, 0.5) is 0 Å². The fourth-order valence-corrected chi connectivity index (χ4v) is 2.80. The minimum atomic E-state index is -0.749. The van der Waals surface area contributed by atoms with Gasteiger partial charge in [0.2, 0.25) is 0 Å². The molecule has 2 fully saturated rings. The first-order chi connectivity index (χ1) is 9.12. The summed E-state index contributed by atoms with van der Waals surface area (Å²) in [5.41, 5.74) is 0.0774. The van der Waals surface area contributed by atoms with Crippen molar-refractivity contribution in [3.63, 3.8) is 0 Å². The maximum Gasteiger partial charge on any atom is 0.314 e. The van der Waals surface area contributed by atoms with Crippen molar-refractivity contribution >= 4 is 17.6 Å². The number of rotatable bonds is 5. The van der Waals surface area contributed by atoms with E-state index in [-0.39, 0.29) is 0 Å². The van der Waals surface area contributed by atoms with E-state index in [1.807, 2.05) is 12.1 Å². The number of carbonyl (C=O) groups is 1. The zero-order valence-corrected chi connectivity index (χ0v) is 11.4. The number of benzene rings is 1. The van der Waals surface area contributed by atoms with Crippen molar-refractivity contribution in [2.45, 2.75) is 37.5 Å². The molecule has 102 valence electrons. The first-order valence-corrected chi connectivity index (χ1v) is 7.16. The summed E-state index contributed by atoms with van der Waals surface area (Å²) in [4.78, 5) is 11.4. The highest BCUT2D eigenvalue weighted by Gasteiger charge is 2.46. The lowest BCUT2D eigenvalue weighted by molar-refractivity contribution is -0.147. The Balaban J connectivity index is 1.79. The molecule has 1 N–H and O–H groups in total. The lowest BCUT2D eigenvalue weighted by atomic mass is 9.64. The van der Waals surface area contributed by atoms with Gasteiger partial charge in [0.15, 0.2) is 0 Å². The fourth-order valence-electron chi connectivity index (χ4n) is 2.56. The van der Waals surface area contributed by atoms with Crippen LogP contribution in [0.2, 0.25) is 5.02 Å². The predicted octanol–water partition coefficient (Wildman–Crippen LogP) is 3.64. The molecule has 0 atom stereocenters. The topological polar surface area (TPSA) is 46.5 Å². The van der Waals surface area contributed by atoms with Gasteiger partial charge < -0.3 is 9.84 Å². The molecular formula is C15H17ClO3. The van der Waals surface area contributed by atoms with Crippen LogP contribution in [0.3, 0.4) is 0 Å². The molecule has 0 saturated heterocycles. The molecule has 0 unspecified atom stereocenters. The SMILES string of the molecule is O=C(O)C1(c2ccc(OCC3CC3)c(Cl)c2)CCC1. The van der Waals surface area contributed by atoms with E-state index in [2.05, 4.69) is 0 Å². The van der Waals surface area contributed by atoms with Gasteiger partial charge in [-0.25, -0.2) is 0 Å². The number of aliphatic carboxylic acids is 1. The second-order valence-corrected chi connectivity index (χ2v) is 6.05. The molecule has 0 aliphatic heterocycles. The van der Waals surface area contributed by atoms with E-state index in [4.69, 9.17) is 16.3 Å².